The van der Waals surface area contributed by atoms with Gasteiger partial charge in [0, 0.05) is 6.42 Å². The van der Waals surface area contributed by atoms with Crippen molar-refractivity contribution in [2.24, 2.45) is 0 Å². The maximum absolute atomic E-state index is 13.2. The highest BCUT2D eigenvalue weighted by Gasteiger charge is 2.41. The number of carbonyl (C=O) groups is 2. The summed E-state index contributed by atoms with van der Waals surface area (Å²) in [6, 6.07) is 14.0. The molecule has 0 N–H and O–H groups in total. The molecule has 10 heteroatoms. The number of hydrogen-bond donors (Lipinski definition) is 0. The van der Waals surface area contributed by atoms with Crippen LogP contribution in [0, 0.1) is 0 Å². The highest BCUT2D eigenvalue weighted by molar-refractivity contribution is 8.00. The van der Waals surface area contributed by atoms with Gasteiger partial charge in [-0.25, -0.2) is 9.88 Å². The number of aromatic nitrogens is 3. The van der Waals surface area contributed by atoms with E-state index in [0.717, 1.165) is 31.0 Å². The number of anilines is 1. The van der Waals surface area contributed by atoms with Crippen LogP contribution in [-0.2, 0) is 9.59 Å². The lowest BCUT2D eigenvalue weighted by Gasteiger charge is -2.15. The number of unbranched alkanes of at least 4 members (excludes halogenated alkanes) is 2. The molecular weight excluding hydrogens is 480 g/mol. The number of imide groups is 1. The molecule has 0 unspecified atom stereocenters. The number of thioether (sulfide) groups is 1. The Bertz CT molecular complexity index is 1320. The summed E-state index contributed by atoms with van der Waals surface area (Å²) in [7, 11) is 0. The molecule has 5 rings (SSSR count). The first-order chi connectivity index (χ1) is 17.6. The molecule has 0 aliphatic carbocycles. The van der Waals surface area contributed by atoms with E-state index in [1.807, 2.05) is 0 Å². The number of nitrogens with zero attached hydrogens (tertiary/aromatic N) is 4. The summed E-state index contributed by atoms with van der Waals surface area (Å²) in [6.45, 7) is 2.78. The summed E-state index contributed by atoms with van der Waals surface area (Å²) in [4.78, 5) is 31.7. The zero-order valence-electron chi connectivity index (χ0n) is 19.6. The summed E-state index contributed by atoms with van der Waals surface area (Å²) in [5, 5.41) is 8.06. The van der Waals surface area contributed by atoms with E-state index in [1.54, 1.807) is 48.5 Å². The lowest BCUT2D eigenvalue weighted by atomic mass is 10.2. The van der Waals surface area contributed by atoms with Gasteiger partial charge >= 0.3 is 0 Å². The Balaban J connectivity index is 1.31. The highest BCUT2D eigenvalue weighted by Crippen LogP contribution is 2.35. The van der Waals surface area contributed by atoms with Crippen molar-refractivity contribution in [2.75, 3.05) is 11.5 Å². The number of amides is 2. The Labute approximate surface area is 211 Å². The van der Waals surface area contributed by atoms with Crippen LogP contribution in [0.25, 0.3) is 22.9 Å². The van der Waals surface area contributed by atoms with Crippen LogP contribution in [0.3, 0.4) is 0 Å². The fraction of sp³-hybridized carbons (Fsp3) is 0.269. The van der Waals surface area contributed by atoms with E-state index in [4.69, 9.17) is 13.6 Å². The maximum Gasteiger partial charge on any atom is 0.247 e. The van der Waals surface area contributed by atoms with Crippen LogP contribution in [0.2, 0.25) is 0 Å². The molecule has 1 saturated heterocycles. The number of rotatable bonds is 10. The molecule has 3 aromatic heterocycles. The smallest absolute Gasteiger partial charge is 0.247 e. The van der Waals surface area contributed by atoms with E-state index in [1.165, 1.54) is 17.4 Å². The molecule has 0 radical (unpaired) electrons. The molecule has 4 heterocycles. The van der Waals surface area contributed by atoms with Crippen molar-refractivity contribution in [3.8, 4) is 28.7 Å². The summed E-state index contributed by atoms with van der Waals surface area (Å²) in [5.41, 5.74) is 1.37. The van der Waals surface area contributed by atoms with Gasteiger partial charge in [0.2, 0.25) is 17.0 Å². The number of hydrogen-bond acceptors (Lipinski definition) is 9. The highest BCUT2D eigenvalue weighted by atomic mass is 32.2. The molecule has 2 amide bonds. The van der Waals surface area contributed by atoms with Crippen LogP contribution in [0.15, 0.2) is 75.0 Å². The Kier molecular flexibility index (Phi) is 7.13. The Morgan fingerprint density at radius 3 is 2.36 bits per heavy atom. The van der Waals surface area contributed by atoms with E-state index in [2.05, 4.69) is 22.1 Å². The van der Waals surface area contributed by atoms with Crippen LogP contribution in [0.1, 0.15) is 32.6 Å². The van der Waals surface area contributed by atoms with Crippen molar-refractivity contribution in [1.82, 2.24) is 15.2 Å². The van der Waals surface area contributed by atoms with Gasteiger partial charge in [0.05, 0.1) is 24.8 Å². The van der Waals surface area contributed by atoms with Crippen molar-refractivity contribution in [3.05, 3.63) is 61.1 Å². The average Bonchev–Trinajstić information content (AvgIpc) is 3.66. The fourth-order valence-corrected chi connectivity index (χ4v) is 4.77. The van der Waals surface area contributed by atoms with Gasteiger partial charge in [-0.15, -0.1) is 10.2 Å². The third-order valence-electron chi connectivity index (χ3n) is 5.64. The largest absolute Gasteiger partial charge is 0.494 e. The summed E-state index contributed by atoms with van der Waals surface area (Å²) in [5.74, 6) is 1.10. The fourth-order valence-electron chi connectivity index (χ4n) is 3.85. The van der Waals surface area contributed by atoms with Crippen molar-refractivity contribution >= 4 is 29.3 Å². The molecule has 1 atom stereocenters. The van der Waals surface area contributed by atoms with E-state index in [9.17, 15) is 9.59 Å². The molecule has 184 valence electrons. The predicted octanol–water partition coefficient (Wildman–Crippen LogP) is 5.38. The average molecular weight is 505 g/mol. The van der Waals surface area contributed by atoms with E-state index >= 15 is 0 Å². The van der Waals surface area contributed by atoms with Gasteiger partial charge in [-0.1, -0.05) is 31.5 Å². The molecule has 1 aliphatic rings. The van der Waals surface area contributed by atoms with Gasteiger partial charge in [-0.3, -0.25) is 9.59 Å². The van der Waals surface area contributed by atoms with Crippen LogP contribution < -0.4 is 9.64 Å². The van der Waals surface area contributed by atoms with Gasteiger partial charge in [-0.2, -0.15) is 0 Å². The SMILES string of the molecule is CCCCCOc1ccc(N2C(=O)C[C@@H](Sc3nnc(-c4ccco4)c(-c4ccco4)n3)C2=O)cc1. The minimum atomic E-state index is -0.664. The second kappa shape index (κ2) is 10.8. The number of ether oxygens (including phenoxy) is 1. The second-order valence-corrected chi connectivity index (χ2v) is 9.34. The van der Waals surface area contributed by atoms with Crippen LogP contribution in [-0.4, -0.2) is 38.9 Å². The summed E-state index contributed by atoms with van der Waals surface area (Å²) >= 11 is 1.10. The molecule has 1 fully saturated rings. The molecule has 1 aliphatic heterocycles. The van der Waals surface area contributed by atoms with E-state index in [0.29, 0.717) is 41.0 Å². The van der Waals surface area contributed by atoms with Crippen LogP contribution >= 0.6 is 11.8 Å². The summed E-state index contributed by atoms with van der Waals surface area (Å²) < 4.78 is 16.7. The minimum Gasteiger partial charge on any atom is -0.494 e. The normalized spacial score (nSPS) is 15.6. The van der Waals surface area contributed by atoms with Crippen molar-refractivity contribution < 1.29 is 23.2 Å². The second-order valence-electron chi connectivity index (χ2n) is 8.17. The lowest BCUT2D eigenvalue weighted by molar-refractivity contribution is -0.121. The van der Waals surface area contributed by atoms with E-state index < -0.39 is 5.25 Å². The monoisotopic (exact) mass is 504 g/mol. The molecule has 36 heavy (non-hydrogen) atoms. The van der Waals surface area contributed by atoms with Gasteiger partial charge in [0.15, 0.2) is 17.2 Å². The first kappa shape index (κ1) is 23.8. The third kappa shape index (κ3) is 5.03. The van der Waals surface area contributed by atoms with Crippen molar-refractivity contribution in [3.63, 3.8) is 0 Å². The van der Waals surface area contributed by atoms with Gasteiger partial charge in [-0.05, 0) is 55.0 Å². The molecule has 1 aromatic carbocycles. The van der Waals surface area contributed by atoms with Gasteiger partial charge < -0.3 is 13.6 Å². The summed E-state index contributed by atoms with van der Waals surface area (Å²) in [6.07, 6.45) is 6.34. The predicted molar refractivity (Wildman–Crippen MR) is 133 cm³/mol. The standard InChI is InChI=1S/C26H24N4O5S/c1-2-3-4-13-33-18-11-9-17(10-12-18)30-22(31)16-21(25(30)32)36-26-27-23(19-7-5-14-34-19)24(28-29-26)20-8-6-15-35-20/h5-12,14-15,21H,2-4,13,16H2,1H3/t21-/m1/s1. The molecule has 0 saturated carbocycles. The van der Waals surface area contributed by atoms with Crippen molar-refractivity contribution in [2.45, 2.75) is 43.0 Å². The Hall–Kier alpha value is -3.92. The molecule has 0 bridgehead atoms. The van der Waals surface area contributed by atoms with Crippen molar-refractivity contribution in [1.29, 1.82) is 0 Å². The molecule has 0 spiro atoms. The molecular formula is C26H24N4O5S. The Morgan fingerprint density at radius 1 is 0.972 bits per heavy atom. The van der Waals surface area contributed by atoms with E-state index in [-0.39, 0.29) is 23.4 Å². The first-order valence-corrected chi connectivity index (χ1v) is 12.6. The maximum atomic E-state index is 13.2. The van der Waals surface area contributed by atoms with Gasteiger partial charge in [0.1, 0.15) is 16.7 Å². The zero-order valence-corrected chi connectivity index (χ0v) is 20.4. The van der Waals surface area contributed by atoms with Gasteiger partial charge in [0.25, 0.3) is 0 Å². The number of furan rings is 2. The quantitative estimate of drug-likeness (QED) is 0.207. The molecule has 9 nitrogen and oxygen atoms in total. The minimum absolute atomic E-state index is 0.0398. The van der Waals surface area contributed by atoms with Crippen LogP contribution in [0.5, 0.6) is 5.75 Å². The topological polar surface area (TPSA) is 112 Å². The number of carbonyl (C=O) groups excluding carboxylic acids is 2. The Morgan fingerprint density at radius 2 is 1.69 bits per heavy atom. The first-order valence-electron chi connectivity index (χ1n) is 11.7. The third-order valence-corrected chi connectivity index (χ3v) is 6.68. The van der Waals surface area contributed by atoms with Crippen LogP contribution in [0.4, 0.5) is 5.69 Å². The lowest BCUT2D eigenvalue weighted by Crippen LogP contribution is -2.31. The molecule has 4 aromatic rings. The zero-order chi connectivity index (χ0) is 24.9. The number of benzene rings is 1.